The zero-order valence-electron chi connectivity index (χ0n) is 16.2. The fourth-order valence-electron chi connectivity index (χ4n) is 2.64. The number of carbonyl (C=O) groups is 2. The van der Waals surface area contributed by atoms with E-state index in [2.05, 4.69) is 15.4 Å². The van der Waals surface area contributed by atoms with Crippen molar-refractivity contribution >= 4 is 38.9 Å². The summed E-state index contributed by atoms with van der Waals surface area (Å²) in [5.41, 5.74) is 1.75. The standard InChI is InChI=1S/C21H21N3O4S2/c1-15(25)24-18-8-10-20(11-9-18)30(27,28)23-13-16-4-6-17(7-5-16)21(26)22-14-19-3-2-12-29-19/h2-12,23H,13-14H2,1H3,(H,22,26)(H,24,25). The Bertz CT molecular complexity index is 1110. The molecule has 0 radical (unpaired) electrons. The third-order valence-electron chi connectivity index (χ3n) is 4.17. The molecule has 0 unspecified atom stereocenters. The van der Waals surface area contributed by atoms with Gasteiger partial charge in [0.15, 0.2) is 0 Å². The maximum absolute atomic E-state index is 12.5. The minimum Gasteiger partial charge on any atom is -0.347 e. The number of benzene rings is 2. The van der Waals surface area contributed by atoms with Crippen molar-refractivity contribution in [2.75, 3.05) is 5.32 Å². The fraction of sp³-hybridized carbons (Fsp3) is 0.143. The Labute approximate surface area is 179 Å². The summed E-state index contributed by atoms with van der Waals surface area (Å²) in [5.74, 6) is -0.415. The normalized spacial score (nSPS) is 11.1. The molecule has 0 aliphatic heterocycles. The summed E-state index contributed by atoms with van der Waals surface area (Å²) in [4.78, 5) is 24.4. The van der Waals surface area contributed by atoms with Crippen LogP contribution in [0.5, 0.6) is 0 Å². The van der Waals surface area contributed by atoms with Gasteiger partial charge in [-0.15, -0.1) is 11.3 Å². The number of thiophene rings is 1. The van der Waals surface area contributed by atoms with Gasteiger partial charge in [0.2, 0.25) is 15.9 Å². The summed E-state index contributed by atoms with van der Waals surface area (Å²) < 4.78 is 27.4. The second-order valence-corrected chi connectivity index (χ2v) is 9.29. The van der Waals surface area contributed by atoms with E-state index in [4.69, 9.17) is 0 Å². The van der Waals surface area contributed by atoms with Crippen LogP contribution in [0, 0.1) is 0 Å². The average Bonchev–Trinajstić information content (AvgIpc) is 3.25. The summed E-state index contributed by atoms with van der Waals surface area (Å²) in [6, 6.07) is 16.5. The summed E-state index contributed by atoms with van der Waals surface area (Å²) in [7, 11) is -3.70. The number of amides is 2. The van der Waals surface area contributed by atoms with E-state index in [0.717, 1.165) is 10.4 Å². The zero-order chi connectivity index (χ0) is 21.6. The lowest BCUT2D eigenvalue weighted by Crippen LogP contribution is -2.24. The third-order valence-corrected chi connectivity index (χ3v) is 6.46. The van der Waals surface area contributed by atoms with E-state index in [1.165, 1.54) is 31.2 Å². The number of hydrogen-bond acceptors (Lipinski definition) is 5. The van der Waals surface area contributed by atoms with E-state index < -0.39 is 10.0 Å². The second kappa shape index (κ2) is 9.66. The molecule has 7 nitrogen and oxygen atoms in total. The lowest BCUT2D eigenvalue weighted by Gasteiger charge is -2.09. The molecule has 30 heavy (non-hydrogen) atoms. The number of nitrogens with one attached hydrogen (secondary N) is 3. The fourth-order valence-corrected chi connectivity index (χ4v) is 4.30. The molecule has 0 spiro atoms. The maximum Gasteiger partial charge on any atom is 0.251 e. The van der Waals surface area contributed by atoms with Gasteiger partial charge in [0.05, 0.1) is 11.4 Å². The molecule has 3 N–H and O–H groups in total. The van der Waals surface area contributed by atoms with Crippen LogP contribution in [0.3, 0.4) is 0 Å². The van der Waals surface area contributed by atoms with Gasteiger partial charge in [0.25, 0.3) is 5.91 Å². The van der Waals surface area contributed by atoms with Gasteiger partial charge in [-0.3, -0.25) is 9.59 Å². The predicted molar refractivity (Wildman–Crippen MR) is 117 cm³/mol. The average molecular weight is 444 g/mol. The molecule has 1 aromatic heterocycles. The van der Waals surface area contributed by atoms with Crippen molar-refractivity contribution in [3.63, 3.8) is 0 Å². The molecule has 3 rings (SSSR count). The maximum atomic E-state index is 12.5. The largest absolute Gasteiger partial charge is 0.347 e. The van der Waals surface area contributed by atoms with E-state index in [0.29, 0.717) is 17.8 Å². The Balaban J connectivity index is 1.55. The molecule has 0 bridgehead atoms. The molecule has 2 amide bonds. The van der Waals surface area contributed by atoms with E-state index in [9.17, 15) is 18.0 Å². The lowest BCUT2D eigenvalue weighted by molar-refractivity contribution is -0.114. The first kappa shape index (κ1) is 21.7. The highest BCUT2D eigenvalue weighted by atomic mass is 32.2. The van der Waals surface area contributed by atoms with Gasteiger partial charge in [0, 0.05) is 29.6 Å². The number of carbonyl (C=O) groups excluding carboxylic acids is 2. The molecular formula is C21H21N3O4S2. The van der Waals surface area contributed by atoms with Gasteiger partial charge < -0.3 is 10.6 Å². The number of hydrogen-bond donors (Lipinski definition) is 3. The minimum atomic E-state index is -3.70. The molecule has 3 aromatic rings. The van der Waals surface area contributed by atoms with Crippen LogP contribution in [0.1, 0.15) is 27.7 Å². The van der Waals surface area contributed by atoms with Crippen molar-refractivity contribution in [1.29, 1.82) is 0 Å². The monoisotopic (exact) mass is 443 g/mol. The molecule has 9 heteroatoms. The Kier molecular flexibility index (Phi) is 6.99. The van der Waals surface area contributed by atoms with E-state index in [1.807, 2.05) is 17.5 Å². The molecule has 2 aromatic carbocycles. The van der Waals surface area contributed by atoms with Crippen LogP contribution in [-0.4, -0.2) is 20.2 Å². The van der Waals surface area contributed by atoms with Crippen molar-refractivity contribution in [3.05, 3.63) is 82.0 Å². The number of sulfonamides is 1. The zero-order valence-corrected chi connectivity index (χ0v) is 17.8. The molecule has 0 atom stereocenters. The Morgan fingerprint density at radius 1 is 0.933 bits per heavy atom. The van der Waals surface area contributed by atoms with Crippen molar-refractivity contribution in [3.8, 4) is 0 Å². The van der Waals surface area contributed by atoms with Crippen LogP contribution in [0.15, 0.2) is 70.9 Å². The van der Waals surface area contributed by atoms with Crippen LogP contribution in [0.2, 0.25) is 0 Å². The first-order valence-electron chi connectivity index (χ1n) is 9.10. The molecule has 0 fully saturated rings. The van der Waals surface area contributed by atoms with Gasteiger partial charge in [0.1, 0.15) is 0 Å². The Hall–Kier alpha value is -3.01. The lowest BCUT2D eigenvalue weighted by atomic mass is 10.1. The molecule has 0 saturated heterocycles. The van der Waals surface area contributed by atoms with Crippen LogP contribution in [0.25, 0.3) is 0 Å². The number of rotatable bonds is 8. The first-order chi connectivity index (χ1) is 14.3. The minimum absolute atomic E-state index is 0.0902. The van der Waals surface area contributed by atoms with Crippen LogP contribution >= 0.6 is 11.3 Å². The highest BCUT2D eigenvalue weighted by molar-refractivity contribution is 7.89. The van der Waals surface area contributed by atoms with Crippen molar-refractivity contribution in [1.82, 2.24) is 10.0 Å². The van der Waals surface area contributed by atoms with Crippen molar-refractivity contribution < 1.29 is 18.0 Å². The molecular weight excluding hydrogens is 422 g/mol. The highest BCUT2D eigenvalue weighted by Crippen LogP contribution is 2.15. The molecule has 0 aliphatic carbocycles. The quantitative estimate of drug-likeness (QED) is 0.498. The second-order valence-electron chi connectivity index (χ2n) is 6.49. The molecule has 0 saturated carbocycles. The van der Waals surface area contributed by atoms with E-state index in [-0.39, 0.29) is 23.3 Å². The Morgan fingerprint density at radius 3 is 2.23 bits per heavy atom. The first-order valence-corrected chi connectivity index (χ1v) is 11.5. The van der Waals surface area contributed by atoms with Crippen LogP contribution in [0.4, 0.5) is 5.69 Å². The van der Waals surface area contributed by atoms with Crippen LogP contribution in [-0.2, 0) is 27.9 Å². The molecule has 156 valence electrons. The topological polar surface area (TPSA) is 104 Å². The van der Waals surface area contributed by atoms with Gasteiger partial charge in [-0.05, 0) is 53.4 Å². The SMILES string of the molecule is CC(=O)Nc1ccc(S(=O)(=O)NCc2ccc(C(=O)NCc3cccs3)cc2)cc1. The van der Waals surface area contributed by atoms with Gasteiger partial charge >= 0.3 is 0 Å². The smallest absolute Gasteiger partial charge is 0.251 e. The third kappa shape index (κ3) is 5.99. The van der Waals surface area contributed by atoms with Crippen LogP contribution < -0.4 is 15.4 Å². The van der Waals surface area contributed by atoms with Gasteiger partial charge in [-0.2, -0.15) is 0 Å². The predicted octanol–water partition coefficient (Wildman–Crippen LogP) is 3.12. The summed E-state index contributed by atoms with van der Waals surface area (Å²) in [6.07, 6.45) is 0. The van der Waals surface area contributed by atoms with Gasteiger partial charge in [-0.1, -0.05) is 18.2 Å². The number of anilines is 1. The summed E-state index contributed by atoms with van der Waals surface area (Å²) >= 11 is 1.57. The Morgan fingerprint density at radius 2 is 1.63 bits per heavy atom. The van der Waals surface area contributed by atoms with Crippen molar-refractivity contribution in [2.24, 2.45) is 0 Å². The molecule has 0 aliphatic rings. The molecule has 1 heterocycles. The highest BCUT2D eigenvalue weighted by Gasteiger charge is 2.14. The van der Waals surface area contributed by atoms with Gasteiger partial charge in [-0.25, -0.2) is 13.1 Å². The summed E-state index contributed by atoms with van der Waals surface area (Å²) in [5, 5.41) is 7.39. The summed E-state index contributed by atoms with van der Waals surface area (Å²) in [6.45, 7) is 1.94. The van der Waals surface area contributed by atoms with Crippen molar-refractivity contribution in [2.45, 2.75) is 24.9 Å². The van der Waals surface area contributed by atoms with E-state index >= 15 is 0 Å². The van der Waals surface area contributed by atoms with E-state index in [1.54, 1.807) is 35.6 Å².